The fourth-order valence-electron chi connectivity index (χ4n) is 3.92. The Morgan fingerprint density at radius 1 is 1.09 bits per heavy atom. The van der Waals surface area contributed by atoms with Crippen molar-refractivity contribution < 1.29 is 18.0 Å². The van der Waals surface area contributed by atoms with Crippen molar-refractivity contribution in [1.29, 1.82) is 0 Å². The van der Waals surface area contributed by atoms with Crippen LogP contribution < -0.4 is 5.73 Å². The number of fused-ring (bicyclic) bond motifs is 1. The maximum absolute atomic E-state index is 12.8. The molecule has 0 saturated carbocycles. The molecule has 176 valence electrons. The van der Waals surface area contributed by atoms with Gasteiger partial charge in [-0.1, -0.05) is 6.07 Å². The van der Waals surface area contributed by atoms with Crippen LogP contribution in [-0.2, 0) is 24.1 Å². The molecule has 0 atom stereocenters. The van der Waals surface area contributed by atoms with Gasteiger partial charge in [-0.05, 0) is 35.9 Å². The van der Waals surface area contributed by atoms with Crippen molar-refractivity contribution in [2.45, 2.75) is 19.3 Å². The number of nitrogens with one attached hydrogen (secondary N) is 1. The summed E-state index contributed by atoms with van der Waals surface area (Å²) in [7, 11) is 0. The van der Waals surface area contributed by atoms with E-state index in [1.165, 1.54) is 17.7 Å². The van der Waals surface area contributed by atoms with Gasteiger partial charge in [0.25, 0.3) is 0 Å². The van der Waals surface area contributed by atoms with Crippen molar-refractivity contribution in [3.63, 3.8) is 0 Å². The van der Waals surface area contributed by atoms with E-state index in [1.807, 2.05) is 39.2 Å². The van der Waals surface area contributed by atoms with Crippen molar-refractivity contribution in [2.75, 3.05) is 25.4 Å². The van der Waals surface area contributed by atoms with Gasteiger partial charge in [0.05, 0.1) is 16.9 Å². The number of aromatic nitrogens is 4. The van der Waals surface area contributed by atoms with Gasteiger partial charge in [0.1, 0.15) is 23.5 Å². The molecule has 1 aliphatic rings. The van der Waals surface area contributed by atoms with Crippen molar-refractivity contribution >= 4 is 34.0 Å². The van der Waals surface area contributed by atoms with Gasteiger partial charge in [-0.2, -0.15) is 18.3 Å². The number of nitrogen functional groups attached to an aromatic ring is 1. The van der Waals surface area contributed by atoms with Gasteiger partial charge in [0.15, 0.2) is 0 Å². The van der Waals surface area contributed by atoms with Gasteiger partial charge in [-0.3, -0.25) is 14.8 Å². The highest BCUT2D eigenvalue weighted by Gasteiger charge is 2.33. The Morgan fingerprint density at radius 2 is 1.94 bits per heavy atom. The quantitative estimate of drug-likeness (QED) is 0.446. The molecule has 0 radical (unpaired) electrons. The molecule has 4 aromatic rings. The predicted octanol–water partition coefficient (Wildman–Crippen LogP) is 3.53. The van der Waals surface area contributed by atoms with E-state index in [-0.39, 0.29) is 18.1 Å². The number of halogens is 3. The van der Waals surface area contributed by atoms with E-state index in [0.717, 1.165) is 27.4 Å². The van der Waals surface area contributed by atoms with Crippen molar-refractivity contribution in [1.82, 2.24) is 30.0 Å². The molecule has 0 aliphatic carbocycles. The molecular weight excluding hydrogens is 467 g/mol. The van der Waals surface area contributed by atoms with Gasteiger partial charge in [-0.15, -0.1) is 11.3 Å². The number of aromatic amines is 1. The van der Waals surface area contributed by atoms with E-state index in [9.17, 15) is 18.0 Å². The van der Waals surface area contributed by atoms with Gasteiger partial charge in [-0.25, -0.2) is 9.97 Å². The summed E-state index contributed by atoms with van der Waals surface area (Å²) in [5, 5.41) is 6.59. The van der Waals surface area contributed by atoms with Crippen LogP contribution in [-0.4, -0.2) is 55.5 Å². The van der Waals surface area contributed by atoms with Crippen LogP contribution in [0.5, 0.6) is 0 Å². The first kappa shape index (κ1) is 22.3. The fraction of sp³-hybridized carbons (Fsp3) is 0.273. The first-order valence-electron chi connectivity index (χ1n) is 10.5. The molecule has 0 unspecified atom stereocenters. The third kappa shape index (κ3) is 4.59. The molecule has 8 nitrogen and oxygen atoms in total. The van der Waals surface area contributed by atoms with E-state index in [1.54, 1.807) is 6.07 Å². The van der Waals surface area contributed by atoms with Crippen LogP contribution in [0.2, 0.25) is 0 Å². The lowest BCUT2D eigenvalue weighted by Crippen LogP contribution is -2.49. The number of thiophene rings is 1. The number of rotatable bonds is 5. The fourth-order valence-corrected chi connectivity index (χ4v) is 4.93. The average molecular weight is 488 g/mol. The highest BCUT2D eigenvalue weighted by Crippen LogP contribution is 2.33. The molecule has 0 spiro atoms. The number of amides is 1. The second kappa shape index (κ2) is 8.69. The number of nitrogens with zero attached hydrogens (tertiary/aromatic N) is 5. The summed E-state index contributed by atoms with van der Waals surface area (Å²) in [6.45, 7) is 2.58. The minimum atomic E-state index is -4.46. The van der Waals surface area contributed by atoms with Crippen molar-refractivity contribution in [3.05, 3.63) is 58.9 Å². The van der Waals surface area contributed by atoms with Crippen LogP contribution in [0.3, 0.4) is 0 Å². The minimum absolute atomic E-state index is 0.0208. The van der Waals surface area contributed by atoms with E-state index in [4.69, 9.17) is 5.73 Å². The summed E-state index contributed by atoms with van der Waals surface area (Å²) in [6, 6.07) is 10.3. The van der Waals surface area contributed by atoms with E-state index < -0.39 is 11.9 Å². The number of nitrogens with two attached hydrogens (primary N) is 1. The van der Waals surface area contributed by atoms with Crippen molar-refractivity contribution in [3.8, 4) is 10.6 Å². The number of carbonyl (C=O) groups is 1. The smallest absolute Gasteiger partial charge is 0.383 e. The highest BCUT2D eigenvalue weighted by molar-refractivity contribution is 7.15. The van der Waals surface area contributed by atoms with Crippen LogP contribution >= 0.6 is 11.3 Å². The number of hydrogen-bond donors (Lipinski definition) is 2. The topological polar surface area (TPSA) is 104 Å². The number of benzene rings is 1. The summed E-state index contributed by atoms with van der Waals surface area (Å²) in [5.74, 6) is 0.443. The third-order valence-corrected chi connectivity index (χ3v) is 6.77. The Hall–Kier alpha value is -3.51. The van der Waals surface area contributed by atoms with Crippen LogP contribution in [0.25, 0.3) is 21.5 Å². The largest absolute Gasteiger partial charge is 0.432 e. The molecule has 12 heteroatoms. The Labute approximate surface area is 196 Å². The maximum Gasteiger partial charge on any atom is 0.432 e. The summed E-state index contributed by atoms with van der Waals surface area (Å²) in [5.41, 5.74) is 6.96. The molecule has 1 fully saturated rings. The van der Waals surface area contributed by atoms with Gasteiger partial charge in [0, 0.05) is 36.4 Å². The normalized spacial score (nSPS) is 15.4. The monoisotopic (exact) mass is 487 g/mol. The molecule has 5 rings (SSSR count). The van der Waals surface area contributed by atoms with Crippen LogP contribution in [0.4, 0.5) is 19.0 Å². The third-order valence-electron chi connectivity index (χ3n) is 5.68. The second-order valence-electron chi connectivity index (χ2n) is 8.07. The second-order valence-corrected chi connectivity index (χ2v) is 9.24. The molecule has 1 saturated heterocycles. The molecule has 34 heavy (non-hydrogen) atoms. The van der Waals surface area contributed by atoms with E-state index in [0.29, 0.717) is 36.9 Å². The summed E-state index contributed by atoms with van der Waals surface area (Å²) in [6.07, 6.45) is -3.04. The summed E-state index contributed by atoms with van der Waals surface area (Å²) in [4.78, 5) is 26.4. The van der Waals surface area contributed by atoms with E-state index in [2.05, 4.69) is 15.1 Å². The van der Waals surface area contributed by atoms with Crippen LogP contribution in [0.15, 0.2) is 42.7 Å². The van der Waals surface area contributed by atoms with E-state index >= 15 is 0 Å². The number of alkyl halides is 3. The zero-order valence-electron chi connectivity index (χ0n) is 17.8. The number of anilines is 1. The molecule has 1 aliphatic heterocycles. The zero-order chi connectivity index (χ0) is 23.9. The lowest BCUT2D eigenvalue weighted by Gasteiger charge is -2.34. The number of H-pyrrole nitrogens is 1. The Bertz CT molecular complexity index is 1350. The molecule has 3 aromatic heterocycles. The zero-order valence-corrected chi connectivity index (χ0v) is 18.7. The first-order chi connectivity index (χ1) is 16.3. The predicted molar refractivity (Wildman–Crippen MR) is 122 cm³/mol. The number of piperazine rings is 1. The maximum atomic E-state index is 12.8. The van der Waals surface area contributed by atoms with Gasteiger partial charge < -0.3 is 10.6 Å². The minimum Gasteiger partial charge on any atom is -0.383 e. The molecule has 0 bridgehead atoms. The highest BCUT2D eigenvalue weighted by atomic mass is 32.1. The number of hydrogen-bond acceptors (Lipinski definition) is 7. The Morgan fingerprint density at radius 3 is 2.71 bits per heavy atom. The molecular formula is C22H20F3N7OS. The lowest BCUT2D eigenvalue weighted by molar-refractivity contribution is -0.141. The van der Waals surface area contributed by atoms with Crippen molar-refractivity contribution in [2.24, 2.45) is 0 Å². The first-order valence-corrected chi connectivity index (χ1v) is 11.3. The molecule has 1 aromatic carbocycles. The lowest BCUT2D eigenvalue weighted by atomic mass is 10.1. The van der Waals surface area contributed by atoms with Crippen LogP contribution in [0, 0.1) is 0 Å². The SMILES string of the molecule is Nc1ncnc2cc(CN3CCN(Cc4ccc(-c5cc(C(F)(F)F)[nH]n5)s4)CC3=O)ccc12. The van der Waals surface area contributed by atoms with Gasteiger partial charge >= 0.3 is 6.18 Å². The summed E-state index contributed by atoms with van der Waals surface area (Å²) < 4.78 is 38.4. The summed E-state index contributed by atoms with van der Waals surface area (Å²) >= 11 is 1.37. The number of carbonyl (C=O) groups excluding carboxylic acids is 1. The molecule has 1 amide bonds. The Balaban J connectivity index is 1.20. The molecule has 4 heterocycles. The molecule has 3 N–H and O–H groups in total. The van der Waals surface area contributed by atoms with Gasteiger partial charge in [0.2, 0.25) is 5.91 Å². The Kier molecular flexibility index (Phi) is 5.70. The standard InChI is InChI=1S/C22H20F3N7OS/c23-22(24,25)19-8-17(29-30-19)18-4-2-14(34-18)10-31-5-6-32(20(33)11-31)9-13-1-3-15-16(7-13)27-12-28-21(15)26/h1-4,7-8,12H,5-6,9-11H2,(H,29,30)(H2,26,27,28). The van der Waals surface area contributed by atoms with Crippen LogP contribution in [0.1, 0.15) is 16.1 Å². The average Bonchev–Trinajstić information content (AvgIpc) is 3.45.